The van der Waals surface area contributed by atoms with E-state index in [1.165, 1.54) is 12.1 Å². The fraction of sp³-hybridized carbons (Fsp3) is 0.526. The van der Waals surface area contributed by atoms with Gasteiger partial charge in [-0.25, -0.2) is 14.0 Å². The molecule has 1 aliphatic rings. The van der Waals surface area contributed by atoms with Crippen LogP contribution < -0.4 is 5.73 Å². The number of rotatable bonds is 3. The summed E-state index contributed by atoms with van der Waals surface area (Å²) in [5.41, 5.74) is 5.55. The van der Waals surface area contributed by atoms with E-state index in [2.05, 4.69) is 5.16 Å². The topological polar surface area (TPSA) is 94.2 Å². The maximum absolute atomic E-state index is 12.9. The first-order valence-electron chi connectivity index (χ1n) is 8.86. The lowest BCUT2D eigenvalue weighted by atomic mass is 9.93. The highest BCUT2D eigenvalue weighted by Crippen LogP contribution is 2.24. The quantitative estimate of drug-likeness (QED) is 0.376. The number of nitrogens with two attached hydrogens (primary N) is 1. The predicted molar refractivity (Wildman–Crippen MR) is 98.6 cm³/mol. The molecule has 148 valence electrons. The van der Waals surface area contributed by atoms with Gasteiger partial charge in [0.1, 0.15) is 17.3 Å². The Kier molecular flexibility index (Phi) is 6.41. The molecule has 1 heterocycles. The molecule has 1 aromatic rings. The average Bonchev–Trinajstić information content (AvgIpc) is 2.58. The molecule has 1 saturated heterocycles. The van der Waals surface area contributed by atoms with Gasteiger partial charge in [0.25, 0.3) is 0 Å². The zero-order chi connectivity index (χ0) is 20.2. The van der Waals surface area contributed by atoms with Crippen molar-refractivity contribution in [3.8, 4) is 0 Å². The third-order valence-corrected chi connectivity index (χ3v) is 4.24. The number of carbonyl (C=O) groups excluding carboxylic acids is 2. The largest absolute Gasteiger partial charge is 0.444 e. The van der Waals surface area contributed by atoms with Crippen molar-refractivity contribution in [2.24, 2.45) is 16.8 Å². The van der Waals surface area contributed by atoms with E-state index in [1.807, 2.05) is 27.7 Å². The molecule has 7 nitrogen and oxygen atoms in total. The third kappa shape index (κ3) is 5.94. The molecule has 1 amide bonds. The van der Waals surface area contributed by atoms with Gasteiger partial charge in [-0.15, -0.1) is 0 Å². The molecule has 0 aliphatic carbocycles. The van der Waals surface area contributed by atoms with Crippen LogP contribution in [0.4, 0.5) is 9.18 Å². The van der Waals surface area contributed by atoms with E-state index < -0.39 is 23.5 Å². The molecule has 8 heteroatoms. The van der Waals surface area contributed by atoms with E-state index >= 15 is 0 Å². The second-order valence-corrected chi connectivity index (χ2v) is 7.66. The lowest BCUT2D eigenvalue weighted by Gasteiger charge is -2.38. The van der Waals surface area contributed by atoms with E-state index in [9.17, 15) is 14.0 Å². The number of nitrogens with zero attached hydrogens (tertiary/aromatic N) is 2. The molecule has 0 bridgehead atoms. The van der Waals surface area contributed by atoms with E-state index in [1.54, 1.807) is 4.90 Å². The summed E-state index contributed by atoms with van der Waals surface area (Å²) in [6, 6.07) is 4.94. The smallest absolute Gasteiger partial charge is 0.410 e. The lowest BCUT2D eigenvalue weighted by molar-refractivity contribution is 0.00868. The van der Waals surface area contributed by atoms with E-state index in [0.29, 0.717) is 13.0 Å². The number of benzene rings is 1. The molecule has 2 rings (SSSR count). The zero-order valence-electron chi connectivity index (χ0n) is 16.1. The molecule has 1 fully saturated rings. The fourth-order valence-electron chi connectivity index (χ4n) is 2.73. The lowest BCUT2D eigenvalue weighted by Crippen LogP contribution is -2.50. The predicted octanol–water partition coefficient (Wildman–Crippen LogP) is 3.29. The second kappa shape index (κ2) is 8.37. The minimum Gasteiger partial charge on any atom is -0.444 e. The van der Waals surface area contributed by atoms with E-state index in [4.69, 9.17) is 15.3 Å². The molecule has 1 aromatic carbocycles. The molecule has 0 radical (unpaired) electrons. The Labute approximate surface area is 158 Å². The van der Waals surface area contributed by atoms with Crippen molar-refractivity contribution in [3.05, 3.63) is 35.6 Å². The van der Waals surface area contributed by atoms with Gasteiger partial charge in [-0.2, -0.15) is 0 Å². The van der Waals surface area contributed by atoms with Gasteiger partial charge in [0.2, 0.25) is 0 Å². The third-order valence-electron chi connectivity index (χ3n) is 4.24. The van der Waals surface area contributed by atoms with Gasteiger partial charge in [-0.3, -0.25) is 0 Å². The number of piperidine rings is 1. The monoisotopic (exact) mass is 379 g/mol. The molecule has 2 unspecified atom stereocenters. The number of halogens is 1. The maximum atomic E-state index is 12.9. The highest BCUT2D eigenvalue weighted by Gasteiger charge is 2.33. The number of hydrogen-bond donors (Lipinski definition) is 1. The van der Waals surface area contributed by atoms with Crippen LogP contribution in [-0.2, 0) is 9.57 Å². The molecule has 1 aliphatic heterocycles. The molecule has 0 spiro atoms. The van der Waals surface area contributed by atoms with Gasteiger partial charge in [0.15, 0.2) is 0 Å². The number of carbonyl (C=O) groups is 2. The van der Waals surface area contributed by atoms with Gasteiger partial charge in [0, 0.05) is 18.5 Å². The van der Waals surface area contributed by atoms with Gasteiger partial charge in [-0.05, 0) is 64.8 Å². The summed E-state index contributed by atoms with van der Waals surface area (Å²) in [7, 11) is 0. The van der Waals surface area contributed by atoms with Gasteiger partial charge in [0.05, 0.1) is 5.56 Å². The van der Waals surface area contributed by atoms with Crippen LogP contribution in [0.3, 0.4) is 0 Å². The normalized spacial score (nSPS) is 20.9. The fourth-order valence-corrected chi connectivity index (χ4v) is 2.73. The summed E-state index contributed by atoms with van der Waals surface area (Å²) in [5, 5.41) is 3.71. The molecule has 2 atom stereocenters. The number of amidine groups is 1. The van der Waals surface area contributed by atoms with Gasteiger partial charge in [-0.1, -0.05) is 5.16 Å². The Bertz CT molecular complexity index is 713. The molecular weight excluding hydrogens is 353 g/mol. The minimum atomic E-state index is -0.730. The van der Waals surface area contributed by atoms with Gasteiger partial charge < -0.3 is 20.2 Å². The van der Waals surface area contributed by atoms with Crippen molar-refractivity contribution in [3.63, 3.8) is 0 Å². The number of oxime groups is 1. The first kappa shape index (κ1) is 20.7. The molecule has 0 saturated carbocycles. The van der Waals surface area contributed by atoms with Crippen LogP contribution >= 0.6 is 0 Å². The van der Waals surface area contributed by atoms with Crippen molar-refractivity contribution >= 4 is 17.9 Å². The van der Waals surface area contributed by atoms with E-state index in [-0.39, 0.29) is 23.4 Å². The number of ether oxygens (including phenoxy) is 1. The molecule has 0 aromatic heterocycles. The first-order chi connectivity index (χ1) is 12.6. The molecular formula is C19H26FN3O4. The van der Waals surface area contributed by atoms with Crippen LogP contribution in [0, 0.1) is 11.7 Å². The van der Waals surface area contributed by atoms with Crippen LogP contribution in [-0.4, -0.2) is 41.0 Å². The maximum Gasteiger partial charge on any atom is 0.410 e. The Morgan fingerprint density at radius 3 is 2.44 bits per heavy atom. The Morgan fingerprint density at radius 2 is 1.85 bits per heavy atom. The minimum absolute atomic E-state index is 0.0191. The first-order valence-corrected chi connectivity index (χ1v) is 8.86. The van der Waals surface area contributed by atoms with Crippen molar-refractivity contribution in [2.45, 2.75) is 52.2 Å². The average molecular weight is 379 g/mol. The SMILES string of the molecule is CC1CCC(C(N)=NOC(=O)c2ccc(F)cc2)CN1C(=O)OC(C)(C)C. The van der Waals surface area contributed by atoms with Crippen LogP contribution in [0.5, 0.6) is 0 Å². The molecule has 27 heavy (non-hydrogen) atoms. The Balaban J connectivity index is 1.99. The van der Waals surface area contributed by atoms with Crippen LogP contribution in [0.1, 0.15) is 50.9 Å². The standard InChI is InChI=1S/C19H26FN3O4/c1-12-5-6-14(11-23(12)18(25)26-19(2,3)4)16(21)22-27-17(24)13-7-9-15(20)10-8-13/h7-10,12,14H,5-6,11H2,1-4H3,(H2,21,22). The summed E-state index contributed by atoms with van der Waals surface area (Å²) >= 11 is 0. The Morgan fingerprint density at radius 1 is 1.22 bits per heavy atom. The summed E-state index contributed by atoms with van der Waals surface area (Å²) in [4.78, 5) is 30.8. The molecule has 2 N–H and O–H groups in total. The highest BCUT2D eigenvalue weighted by atomic mass is 19.1. The Hall–Kier alpha value is -2.64. The summed E-state index contributed by atoms with van der Waals surface area (Å²) in [6.45, 7) is 7.70. The number of likely N-dealkylation sites (tertiary alicyclic amines) is 1. The highest BCUT2D eigenvalue weighted by molar-refractivity contribution is 5.90. The van der Waals surface area contributed by atoms with Crippen LogP contribution in [0.15, 0.2) is 29.4 Å². The van der Waals surface area contributed by atoms with Crippen LogP contribution in [0.2, 0.25) is 0 Å². The van der Waals surface area contributed by atoms with Crippen LogP contribution in [0.25, 0.3) is 0 Å². The zero-order valence-corrected chi connectivity index (χ0v) is 16.1. The van der Waals surface area contributed by atoms with E-state index in [0.717, 1.165) is 18.6 Å². The van der Waals surface area contributed by atoms with Gasteiger partial charge >= 0.3 is 12.1 Å². The van der Waals surface area contributed by atoms with Crippen molar-refractivity contribution in [1.82, 2.24) is 4.90 Å². The number of amides is 1. The summed E-state index contributed by atoms with van der Waals surface area (Å²) in [5.74, 6) is -1.29. The number of hydrogen-bond acceptors (Lipinski definition) is 5. The summed E-state index contributed by atoms with van der Waals surface area (Å²) < 4.78 is 18.3. The van der Waals surface area contributed by atoms with Crippen molar-refractivity contribution in [2.75, 3.05) is 6.54 Å². The van der Waals surface area contributed by atoms with Crippen molar-refractivity contribution in [1.29, 1.82) is 0 Å². The second-order valence-electron chi connectivity index (χ2n) is 7.66. The van der Waals surface area contributed by atoms with Crippen molar-refractivity contribution < 1.29 is 23.6 Å². The summed E-state index contributed by atoms with van der Waals surface area (Å²) in [6.07, 6.45) is 1.03.